The van der Waals surface area contributed by atoms with Gasteiger partial charge in [0.2, 0.25) is 5.91 Å². The van der Waals surface area contributed by atoms with Crippen LogP contribution in [0.5, 0.6) is 0 Å². The molecule has 1 aliphatic rings. The Morgan fingerprint density at radius 3 is 2.81 bits per heavy atom. The van der Waals surface area contributed by atoms with E-state index in [0.717, 1.165) is 70.2 Å². The lowest BCUT2D eigenvalue weighted by Crippen LogP contribution is -2.44. The van der Waals surface area contributed by atoms with Gasteiger partial charge in [-0.05, 0) is 25.8 Å². The maximum absolute atomic E-state index is 12.2. The fourth-order valence-electron chi connectivity index (χ4n) is 3.42. The number of hydrogen-bond acceptors (Lipinski definition) is 5. The number of likely N-dealkylation sites (N-methyl/N-ethyl adjacent to an activating group) is 1. The highest BCUT2D eigenvalue weighted by atomic mass is 16.2. The molecular formula is C18H34N8O. The van der Waals surface area contributed by atoms with Gasteiger partial charge in [0.05, 0.1) is 6.04 Å². The minimum atomic E-state index is 0.0500. The molecule has 1 amide bonds. The summed E-state index contributed by atoms with van der Waals surface area (Å²) in [7, 11) is 5.44. The molecule has 1 atom stereocenters. The second kappa shape index (κ2) is 10.9. The van der Waals surface area contributed by atoms with Gasteiger partial charge in [-0.1, -0.05) is 6.92 Å². The number of aromatic nitrogens is 3. The van der Waals surface area contributed by atoms with Crippen LogP contribution in [-0.2, 0) is 17.8 Å². The third-order valence-corrected chi connectivity index (χ3v) is 4.88. The van der Waals surface area contributed by atoms with E-state index in [1.807, 2.05) is 14.1 Å². The molecule has 9 nitrogen and oxygen atoms in total. The number of guanidine groups is 1. The van der Waals surface area contributed by atoms with Gasteiger partial charge in [-0.3, -0.25) is 14.7 Å². The van der Waals surface area contributed by atoms with E-state index in [-0.39, 0.29) is 11.9 Å². The zero-order valence-corrected chi connectivity index (χ0v) is 17.1. The topological polar surface area (TPSA) is 90.7 Å². The quantitative estimate of drug-likeness (QED) is 0.356. The summed E-state index contributed by atoms with van der Waals surface area (Å²) >= 11 is 0. The van der Waals surface area contributed by atoms with Crippen LogP contribution < -0.4 is 10.6 Å². The van der Waals surface area contributed by atoms with Crippen LogP contribution in [0.25, 0.3) is 0 Å². The fraction of sp³-hybridized carbons (Fsp3) is 0.778. The van der Waals surface area contributed by atoms with E-state index in [1.54, 1.807) is 18.3 Å². The van der Waals surface area contributed by atoms with Crippen LogP contribution in [0.15, 0.2) is 11.3 Å². The van der Waals surface area contributed by atoms with Gasteiger partial charge in [0.15, 0.2) is 5.96 Å². The van der Waals surface area contributed by atoms with Crippen molar-refractivity contribution in [2.45, 2.75) is 45.2 Å². The number of aliphatic imine (C=N–C) groups is 1. The van der Waals surface area contributed by atoms with Crippen LogP contribution in [0.3, 0.4) is 0 Å². The highest BCUT2D eigenvalue weighted by Crippen LogP contribution is 2.18. The third-order valence-electron chi connectivity index (χ3n) is 4.88. The molecule has 0 spiro atoms. The summed E-state index contributed by atoms with van der Waals surface area (Å²) in [5.41, 5.74) is 0. The average molecular weight is 379 g/mol. The number of hydrogen-bond donors (Lipinski definition) is 2. The predicted octanol–water partition coefficient (Wildman–Crippen LogP) is -0.0518. The molecule has 152 valence electrons. The van der Waals surface area contributed by atoms with Crippen molar-refractivity contribution in [3.63, 3.8) is 0 Å². The Kier molecular flexibility index (Phi) is 8.50. The highest BCUT2D eigenvalue weighted by molar-refractivity contribution is 5.81. The minimum absolute atomic E-state index is 0.0500. The molecule has 0 radical (unpaired) electrons. The zero-order chi connectivity index (χ0) is 19.6. The van der Waals surface area contributed by atoms with Gasteiger partial charge >= 0.3 is 0 Å². The van der Waals surface area contributed by atoms with Crippen molar-refractivity contribution in [2.75, 3.05) is 47.3 Å². The Bertz CT molecular complexity index is 612. The standard InChI is InChI=1S/C18H34N8O/c1-5-16-23-22-14-26(16)13-10-21-18(19-2)20-9-7-12-25-11-6-8-15(25)17(27)24(3)4/h14-15H,5-13H2,1-4H3,(H2,19,20,21). The van der Waals surface area contributed by atoms with Crippen LogP contribution in [-0.4, -0.2) is 89.8 Å². The van der Waals surface area contributed by atoms with Crippen molar-refractivity contribution >= 4 is 11.9 Å². The number of rotatable bonds is 9. The van der Waals surface area contributed by atoms with Crippen molar-refractivity contribution in [1.82, 2.24) is 35.2 Å². The summed E-state index contributed by atoms with van der Waals surface area (Å²) in [4.78, 5) is 20.5. The molecule has 1 saturated heterocycles. The van der Waals surface area contributed by atoms with Gasteiger partial charge in [0.1, 0.15) is 12.2 Å². The van der Waals surface area contributed by atoms with E-state index in [0.29, 0.717) is 0 Å². The van der Waals surface area contributed by atoms with E-state index in [4.69, 9.17) is 0 Å². The molecule has 0 aromatic carbocycles. The molecule has 9 heteroatoms. The van der Waals surface area contributed by atoms with E-state index < -0.39 is 0 Å². The zero-order valence-electron chi connectivity index (χ0n) is 17.1. The second-order valence-electron chi connectivity index (χ2n) is 7.00. The van der Waals surface area contributed by atoms with E-state index in [2.05, 4.69) is 42.2 Å². The first kappa shape index (κ1) is 21.1. The Labute approximate surface area is 162 Å². The van der Waals surface area contributed by atoms with Crippen molar-refractivity contribution < 1.29 is 4.79 Å². The second-order valence-corrected chi connectivity index (χ2v) is 7.00. The molecule has 2 N–H and O–H groups in total. The van der Waals surface area contributed by atoms with Crippen LogP contribution in [0, 0.1) is 0 Å². The summed E-state index contributed by atoms with van der Waals surface area (Å²) in [5.74, 6) is 2.01. The Balaban J connectivity index is 1.65. The van der Waals surface area contributed by atoms with Crippen molar-refractivity contribution in [3.05, 3.63) is 12.2 Å². The smallest absolute Gasteiger partial charge is 0.239 e. The molecule has 27 heavy (non-hydrogen) atoms. The monoisotopic (exact) mass is 378 g/mol. The number of likely N-dealkylation sites (tertiary alicyclic amines) is 1. The lowest BCUT2D eigenvalue weighted by Gasteiger charge is -2.26. The molecule has 1 unspecified atom stereocenters. The van der Waals surface area contributed by atoms with Gasteiger partial charge in [-0.15, -0.1) is 10.2 Å². The van der Waals surface area contributed by atoms with E-state index in [9.17, 15) is 4.79 Å². The fourth-order valence-corrected chi connectivity index (χ4v) is 3.42. The van der Waals surface area contributed by atoms with Gasteiger partial charge in [0.25, 0.3) is 0 Å². The molecule has 0 saturated carbocycles. The van der Waals surface area contributed by atoms with Crippen molar-refractivity contribution in [1.29, 1.82) is 0 Å². The van der Waals surface area contributed by atoms with Gasteiger partial charge in [-0.25, -0.2) is 0 Å². The van der Waals surface area contributed by atoms with Gasteiger partial charge < -0.3 is 20.1 Å². The van der Waals surface area contributed by atoms with Crippen LogP contribution in [0.2, 0.25) is 0 Å². The first-order chi connectivity index (χ1) is 13.1. The van der Waals surface area contributed by atoms with Crippen molar-refractivity contribution in [3.8, 4) is 0 Å². The molecule has 0 bridgehead atoms. The number of amides is 1. The summed E-state index contributed by atoms with van der Waals surface area (Å²) in [6, 6.07) is 0.0500. The SMILES string of the molecule is CCc1nncn1CCNC(=NC)NCCCN1CCCC1C(=O)N(C)C. The number of aryl methyl sites for hydroxylation is 1. The number of carbonyl (C=O) groups is 1. The molecule has 0 aliphatic carbocycles. The predicted molar refractivity (Wildman–Crippen MR) is 107 cm³/mol. The lowest BCUT2D eigenvalue weighted by molar-refractivity contribution is -0.133. The Morgan fingerprint density at radius 1 is 1.33 bits per heavy atom. The van der Waals surface area contributed by atoms with Gasteiger partial charge in [0, 0.05) is 53.7 Å². The minimum Gasteiger partial charge on any atom is -0.356 e. The first-order valence-corrected chi connectivity index (χ1v) is 9.83. The number of nitrogens with zero attached hydrogens (tertiary/aromatic N) is 6. The molecule has 1 aromatic rings. The normalized spacial score (nSPS) is 17.9. The Hall–Kier alpha value is -2.16. The molecular weight excluding hydrogens is 344 g/mol. The van der Waals surface area contributed by atoms with Crippen LogP contribution in [0.4, 0.5) is 0 Å². The average Bonchev–Trinajstić information content (AvgIpc) is 3.31. The van der Waals surface area contributed by atoms with E-state index >= 15 is 0 Å². The third kappa shape index (κ3) is 6.20. The van der Waals surface area contributed by atoms with Crippen LogP contribution in [0.1, 0.15) is 32.0 Å². The molecule has 1 aromatic heterocycles. The summed E-state index contributed by atoms with van der Waals surface area (Å²) in [6.07, 6.45) is 5.68. The summed E-state index contributed by atoms with van der Waals surface area (Å²) in [5, 5.41) is 14.7. The summed E-state index contributed by atoms with van der Waals surface area (Å²) < 4.78 is 2.05. The first-order valence-electron chi connectivity index (χ1n) is 9.83. The number of carbonyl (C=O) groups excluding carboxylic acids is 1. The molecule has 1 aliphatic heterocycles. The highest BCUT2D eigenvalue weighted by Gasteiger charge is 2.30. The number of nitrogens with one attached hydrogen (secondary N) is 2. The largest absolute Gasteiger partial charge is 0.356 e. The van der Waals surface area contributed by atoms with Crippen molar-refractivity contribution in [2.24, 2.45) is 4.99 Å². The summed E-state index contributed by atoms with van der Waals surface area (Å²) in [6.45, 7) is 6.40. The van der Waals surface area contributed by atoms with Gasteiger partial charge in [-0.2, -0.15) is 0 Å². The molecule has 2 rings (SSSR count). The maximum atomic E-state index is 12.2. The molecule has 1 fully saturated rings. The molecule has 2 heterocycles. The van der Waals surface area contributed by atoms with Crippen LogP contribution >= 0.6 is 0 Å². The maximum Gasteiger partial charge on any atom is 0.239 e. The van der Waals surface area contributed by atoms with E-state index in [1.165, 1.54) is 0 Å². The Morgan fingerprint density at radius 2 is 2.11 bits per heavy atom. The lowest BCUT2D eigenvalue weighted by atomic mass is 10.2.